The Morgan fingerprint density at radius 2 is 1.80 bits per heavy atom. The van der Waals surface area contributed by atoms with Crippen molar-refractivity contribution in [2.45, 2.75) is 83.4 Å². The average molecular weight is 520 g/mol. The highest BCUT2D eigenvalue weighted by Gasteiger charge is 2.52. The number of piperidine rings is 1. The molecule has 1 aliphatic heterocycles. The Bertz CT molecular complexity index is 1050. The maximum Gasteiger partial charge on any atom is 0.304 e. The van der Waals surface area contributed by atoms with Crippen molar-refractivity contribution in [1.29, 1.82) is 0 Å². The molecule has 3 rings (SSSR count). The highest BCUT2D eigenvalue weighted by Crippen LogP contribution is 2.52. The number of likely N-dealkylation sites (tertiary alicyclic amines) is 1. The lowest BCUT2D eigenvalue weighted by Gasteiger charge is -2.52. The van der Waals surface area contributed by atoms with Gasteiger partial charge in [-0.25, -0.2) is 0 Å². The van der Waals surface area contributed by atoms with Crippen LogP contribution in [0.5, 0.6) is 0 Å². The first-order valence-corrected chi connectivity index (χ1v) is 12.9. The minimum absolute atomic E-state index is 0.166. The second-order valence-corrected chi connectivity index (χ2v) is 11.5. The number of aliphatic carboxylic acids is 1. The van der Waals surface area contributed by atoms with Gasteiger partial charge in [0.05, 0.1) is 23.5 Å². The quantitative estimate of drug-likeness (QED) is 0.379. The fourth-order valence-corrected chi connectivity index (χ4v) is 5.67. The molecule has 1 saturated heterocycles. The molecule has 0 aliphatic carbocycles. The minimum Gasteiger partial charge on any atom is -0.481 e. The van der Waals surface area contributed by atoms with E-state index in [1.54, 1.807) is 20.8 Å². The highest BCUT2D eigenvalue weighted by molar-refractivity contribution is 6.30. The van der Waals surface area contributed by atoms with Crippen molar-refractivity contribution in [2.75, 3.05) is 0 Å². The van der Waals surface area contributed by atoms with E-state index in [9.17, 15) is 19.8 Å². The molecule has 0 aromatic heterocycles. The molecule has 1 aliphatic rings. The minimum atomic E-state index is -1.08. The lowest BCUT2D eigenvalue weighted by molar-refractivity contribution is -0.161. The van der Waals surface area contributed by atoms with Gasteiger partial charge in [-0.1, -0.05) is 61.3 Å². The zero-order valence-electron chi connectivity index (χ0n) is 20.8. The van der Waals surface area contributed by atoms with Crippen LogP contribution in [0.1, 0.15) is 82.9 Å². The Kier molecular flexibility index (Phi) is 8.56. The van der Waals surface area contributed by atoms with Gasteiger partial charge in [-0.3, -0.25) is 9.59 Å². The molecule has 1 fully saturated rings. The molecule has 0 radical (unpaired) electrons. The maximum absolute atomic E-state index is 14.2. The summed E-state index contributed by atoms with van der Waals surface area (Å²) in [7, 11) is 0. The Morgan fingerprint density at radius 1 is 1.14 bits per heavy atom. The van der Waals surface area contributed by atoms with Gasteiger partial charge in [0.15, 0.2) is 0 Å². The molecule has 2 unspecified atom stereocenters. The number of aliphatic hydroxyl groups is 1. The summed E-state index contributed by atoms with van der Waals surface area (Å²) in [5.74, 6) is -1.34. The Morgan fingerprint density at radius 3 is 2.34 bits per heavy atom. The normalized spacial score (nSPS) is 23.9. The van der Waals surface area contributed by atoms with Crippen LogP contribution in [-0.2, 0) is 9.59 Å². The third-order valence-corrected chi connectivity index (χ3v) is 7.57. The largest absolute Gasteiger partial charge is 0.481 e. The van der Waals surface area contributed by atoms with E-state index < -0.39 is 17.0 Å². The van der Waals surface area contributed by atoms with Crippen molar-refractivity contribution in [3.8, 4) is 0 Å². The number of hydrogen-bond acceptors (Lipinski definition) is 3. The van der Waals surface area contributed by atoms with E-state index in [0.717, 1.165) is 11.1 Å². The molecule has 0 spiro atoms. The van der Waals surface area contributed by atoms with Gasteiger partial charge in [-0.15, -0.1) is 0 Å². The van der Waals surface area contributed by atoms with Crippen LogP contribution >= 0.6 is 23.2 Å². The number of rotatable bonds is 9. The second kappa shape index (κ2) is 10.9. The van der Waals surface area contributed by atoms with E-state index >= 15 is 0 Å². The summed E-state index contributed by atoms with van der Waals surface area (Å²) in [6, 6.07) is 14.6. The van der Waals surface area contributed by atoms with Gasteiger partial charge in [-0.2, -0.15) is 0 Å². The van der Waals surface area contributed by atoms with Gasteiger partial charge in [-0.05, 0) is 74.9 Å². The number of nitrogens with zero attached hydrogens (tertiary/aromatic N) is 1. The molecule has 0 bridgehead atoms. The third kappa shape index (κ3) is 6.58. The van der Waals surface area contributed by atoms with E-state index in [-0.39, 0.29) is 30.3 Å². The van der Waals surface area contributed by atoms with Crippen LogP contribution < -0.4 is 0 Å². The number of carbonyl (C=O) groups excluding carboxylic acids is 1. The van der Waals surface area contributed by atoms with E-state index in [1.807, 2.05) is 60.4 Å². The lowest BCUT2D eigenvalue weighted by atomic mass is 9.67. The van der Waals surface area contributed by atoms with E-state index in [2.05, 4.69) is 0 Å². The molecule has 2 N–H and O–H groups in total. The summed E-state index contributed by atoms with van der Waals surface area (Å²) in [6.45, 7) is 7.31. The summed E-state index contributed by atoms with van der Waals surface area (Å²) < 4.78 is 0. The monoisotopic (exact) mass is 519 g/mol. The number of carbonyl (C=O) groups is 2. The first kappa shape index (κ1) is 27.5. The number of halogens is 2. The van der Waals surface area contributed by atoms with E-state index in [0.29, 0.717) is 35.7 Å². The van der Waals surface area contributed by atoms with Crippen molar-refractivity contribution in [2.24, 2.45) is 5.41 Å². The van der Waals surface area contributed by atoms with Gasteiger partial charge >= 0.3 is 5.97 Å². The molecule has 0 saturated carbocycles. The zero-order chi connectivity index (χ0) is 26.0. The van der Waals surface area contributed by atoms with Gasteiger partial charge in [0, 0.05) is 22.0 Å². The molecule has 5 nitrogen and oxygen atoms in total. The van der Waals surface area contributed by atoms with Crippen molar-refractivity contribution >= 4 is 35.1 Å². The molecule has 7 heteroatoms. The number of carboxylic acid groups (broad SMARTS) is 1. The Balaban J connectivity index is 2.20. The number of benzene rings is 2. The summed E-state index contributed by atoms with van der Waals surface area (Å²) in [5.41, 5.74) is -0.0569. The van der Waals surface area contributed by atoms with Crippen LogP contribution in [0.15, 0.2) is 48.5 Å². The smallest absolute Gasteiger partial charge is 0.304 e. The fraction of sp³-hybridized carbons (Fsp3) is 0.500. The van der Waals surface area contributed by atoms with Crippen LogP contribution in [-0.4, -0.2) is 38.6 Å². The second-order valence-electron chi connectivity index (χ2n) is 10.6. The lowest BCUT2D eigenvalue weighted by Crippen LogP contribution is -2.56. The predicted octanol–water partition coefficient (Wildman–Crippen LogP) is 6.86. The molecule has 2 aromatic carbocycles. The number of carboxylic acids is 1. The molecule has 2 aromatic rings. The molecule has 1 amide bonds. The number of hydrogen-bond donors (Lipinski definition) is 2. The maximum atomic E-state index is 14.2. The van der Waals surface area contributed by atoms with Crippen LogP contribution in [0.25, 0.3) is 0 Å². The van der Waals surface area contributed by atoms with Crippen LogP contribution in [0.2, 0.25) is 10.0 Å². The predicted molar refractivity (Wildman–Crippen MR) is 140 cm³/mol. The molecular weight excluding hydrogens is 485 g/mol. The summed E-state index contributed by atoms with van der Waals surface area (Å²) >= 11 is 12.6. The Hall–Kier alpha value is -2.08. The average Bonchev–Trinajstić information content (AvgIpc) is 2.76. The van der Waals surface area contributed by atoms with Gasteiger partial charge in [0.1, 0.15) is 0 Å². The molecule has 1 heterocycles. The first-order valence-electron chi connectivity index (χ1n) is 12.1. The highest BCUT2D eigenvalue weighted by atomic mass is 35.5. The summed E-state index contributed by atoms with van der Waals surface area (Å²) in [5, 5.41) is 21.3. The topological polar surface area (TPSA) is 77.8 Å². The summed E-state index contributed by atoms with van der Waals surface area (Å²) in [4.78, 5) is 27.9. The van der Waals surface area contributed by atoms with Gasteiger partial charge in [0.2, 0.25) is 5.91 Å². The van der Waals surface area contributed by atoms with Gasteiger partial charge in [0.25, 0.3) is 0 Å². The third-order valence-electron chi connectivity index (χ3n) is 7.09. The molecule has 35 heavy (non-hydrogen) atoms. The fourth-order valence-electron chi connectivity index (χ4n) is 5.34. The van der Waals surface area contributed by atoms with Crippen molar-refractivity contribution in [3.05, 3.63) is 69.7 Å². The number of amides is 1. The SMILES string of the molecule is CCC(CCC(C)(C)O)N1C(=O)[C@@](C)(CC(=O)O)C[C@H](c2cccc(Cl)c2)C1c1ccc(Cl)cc1. The first-order chi connectivity index (χ1) is 16.3. The van der Waals surface area contributed by atoms with Crippen LogP contribution in [0, 0.1) is 5.41 Å². The standard InChI is InChI=1S/C28H35Cl2NO4/c1-5-22(13-14-27(2,3)35)31-25(18-9-11-20(29)12-10-18)23(19-7-6-8-21(30)15-19)16-28(4,26(31)34)17-24(32)33/h6-12,15,22-23,25,35H,5,13-14,16-17H2,1-4H3,(H,32,33)/t22?,23-,25?,28-/m1/s1. The van der Waals surface area contributed by atoms with Crippen molar-refractivity contribution in [3.63, 3.8) is 0 Å². The van der Waals surface area contributed by atoms with E-state index in [1.165, 1.54) is 0 Å². The molecule has 190 valence electrons. The van der Waals surface area contributed by atoms with Crippen molar-refractivity contribution < 1.29 is 19.8 Å². The molecular formula is C28H35Cl2NO4. The zero-order valence-corrected chi connectivity index (χ0v) is 22.3. The van der Waals surface area contributed by atoms with Crippen LogP contribution in [0.4, 0.5) is 0 Å². The summed E-state index contributed by atoms with van der Waals surface area (Å²) in [6.07, 6.45) is 1.91. The van der Waals surface area contributed by atoms with Crippen LogP contribution in [0.3, 0.4) is 0 Å². The molecule has 4 atom stereocenters. The Labute approximate surface area is 218 Å². The van der Waals surface area contributed by atoms with Gasteiger partial charge < -0.3 is 15.1 Å². The van der Waals surface area contributed by atoms with E-state index in [4.69, 9.17) is 23.2 Å². The van der Waals surface area contributed by atoms with Crippen molar-refractivity contribution in [1.82, 2.24) is 4.90 Å².